The monoisotopic (exact) mass is 356 g/mol. The quantitative estimate of drug-likeness (QED) is 0.712. The van der Waals surface area contributed by atoms with Gasteiger partial charge in [-0.15, -0.1) is 0 Å². The van der Waals surface area contributed by atoms with E-state index < -0.39 is 0 Å². The average Bonchev–Trinajstić information content (AvgIpc) is 2.69. The Kier molecular flexibility index (Phi) is 7.49. The lowest BCUT2D eigenvalue weighted by Crippen LogP contribution is -2.41. The molecule has 2 N–H and O–H groups in total. The summed E-state index contributed by atoms with van der Waals surface area (Å²) in [6.07, 6.45) is 1.78. The highest BCUT2D eigenvalue weighted by Gasteiger charge is 2.06. The van der Waals surface area contributed by atoms with E-state index in [0.717, 1.165) is 22.6 Å². The normalized spacial score (nSPS) is 10.1. The number of hydrazine groups is 1. The summed E-state index contributed by atoms with van der Waals surface area (Å²) < 4.78 is 10.2. The van der Waals surface area contributed by atoms with Gasteiger partial charge in [-0.3, -0.25) is 20.4 Å². The summed E-state index contributed by atoms with van der Waals surface area (Å²) in [5, 5.41) is 0. The molecule has 0 aliphatic carbocycles. The molecule has 0 radical (unpaired) electrons. The molecule has 0 atom stereocenters. The van der Waals surface area contributed by atoms with Crippen LogP contribution in [0, 0.1) is 0 Å². The molecule has 0 fully saturated rings. The Balaban J connectivity index is 1.64. The second-order valence-corrected chi connectivity index (χ2v) is 5.79. The highest BCUT2D eigenvalue weighted by atomic mass is 16.5. The van der Waals surface area contributed by atoms with Crippen molar-refractivity contribution in [1.29, 1.82) is 0 Å². The van der Waals surface area contributed by atoms with Gasteiger partial charge >= 0.3 is 0 Å². The van der Waals surface area contributed by atoms with Crippen LogP contribution in [-0.4, -0.2) is 26.0 Å². The standard InChI is InChI=1S/C20H24N2O4/c1-25-17-9-3-15(4-10-17)7-13-19(23)21-22-20(24)14-8-16-5-11-18(26-2)12-6-16/h3-6,9-12H,7-8,13-14H2,1-2H3,(H,21,23)(H,22,24). The summed E-state index contributed by atoms with van der Waals surface area (Å²) in [5.41, 5.74) is 6.96. The number of carbonyl (C=O) groups is 2. The summed E-state index contributed by atoms with van der Waals surface area (Å²) >= 11 is 0. The van der Waals surface area contributed by atoms with Crippen LogP contribution in [0.2, 0.25) is 0 Å². The first-order chi connectivity index (χ1) is 12.6. The molecule has 2 amide bonds. The van der Waals surface area contributed by atoms with Gasteiger partial charge in [0, 0.05) is 12.8 Å². The zero-order valence-corrected chi connectivity index (χ0v) is 15.1. The van der Waals surface area contributed by atoms with Crippen LogP contribution in [-0.2, 0) is 22.4 Å². The van der Waals surface area contributed by atoms with Crippen LogP contribution in [0.25, 0.3) is 0 Å². The third kappa shape index (κ3) is 6.47. The van der Waals surface area contributed by atoms with Crippen molar-refractivity contribution in [1.82, 2.24) is 10.9 Å². The van der Waals surface area contributed by atoms with Gasteiger partial charge < -0.3 is 9.47 Å². The lowest BCUT2D eigenvalue weighted by Gasteiger charge is -2.08. The topological polar surface area (TPSA) is 76.7 Å². The Morgan fingerprint density at radius 3 is 1.35 bits per heavy atom. The molecule has 0 spiro atoms. The number of hydrogen-bond donors (Lipinski definition) is 2. The zero-order chi connectivity index (χ0) is 18.8. The Hall–Kier alpha value is -3.02. The van der Waals surface area contributed by atoms with Crippen molar-refractivity contribution >= 4 is 11.8 Å². The maximum absolute atomic E-state index is 11.8. The van der Waals surface area contributed by atoms with Gasteiger partial charge in [-0.2, -0.15) is 0 Å². The Labute approximate surface area is 153 Å². The van der Waals surface area contributed by atoms with E-state index in [1.54, 1.807) is 14.2 Å². The maximum atomic E-state index is 11.8. The third-order valence-corrected chi connectivity index (χ3v) is 3.94. The van der Waals surface area contributed by atoms with Crippen LogP contribution in [0.3, 0.4) is 0 Å². The Morgan fingerprint density at radius 1 is 0.692 bits per heavy atom. The second kappa shape index (κ2) is 10.1. The van der Waals surface area contributed by atoms with Crippen molar-refractivity contribution in [3.63, 3.8) is 0 Å². The summed E-state index contributed by atoms with van der Waals surface area (Å²) in [5.74, 6) is 1.11. The van der Waals surface area contributed by atoms with E-state index in [9.17, 15) is 9.59 Å². The number of methoxy groups -OCH3 is 2. The Bertz CT molecular complexity index is 648. The molecule has 0 heterocycles. The predicted molar refractivity (Wildman–Crippen MR) is 98.9 cm³/mol. The number of amides is 2. The van der Waals surface area contributed by atoms with E-state index in [0.29, 0.717) is 25.7 Å². The summed E-state index contributed by atoms with van der Waals surface area (Å²) in [6, 6.07) is 15.1. The number of aryl methyl sites for hydroxylation is 2. The first kappa shape index (κ1) is 19.3. The van der Waals surface area contributed by atoms with Gasteiger partial charge in [-0.1, -0.05) is 24.3 Å². The molecule has 2 rings (SSSR count). The van der Waals surface area contributed by atoms with E-state index in [4.69, 9.17) is 9.47 Å². The fraction of sp³-hybridized carbons (Fsp3) is 0.300. The van der Waals surface area contributed by atoms with Crippen LogP contribution >= 0.6 is 0 Å². The smallest absolute Gasteiger partial charge is 0.238 e. The molecule has 0 saturated heterocycles. The number of carbonyl (C=O) groups excluding carboxylic acids is 2. The third-order valence-electron chi connectivity index (χ3n) is 3.94. The summed E-state index contributed by atoms with van der Waals surface area (Å²) in [4.78, 5) is 23.6. The molecular formula is C20H24N2O4. The molecule has 0 aliphatic heterocycles. The van der Waals surface area contributed by atoms with Crippen LogP contribution < -0.4 is 20.3 Å². The number of rotatable bonds is 8. The molecule has 0 saturated carbocycles. The highest BCUT2D eigenvalue weighted by Crippen LogP contribution is 2.13. The lowest BCUT2D eigenvalue weighted by atomic mass is 10.1. The van der Waals surface area contributed by atoms with Gasteiger partial charge in [0.05, 0.1) is 14.2 Å². The highest BCUT2D eigenvalue weighted by molar-refractivity contribution is 5.82. The van der Waals surface area contributed by atoms with Crippen molar-refractivity contribution < 1.29 is 19.1 Å². The Morgan fingerprint density at radius 2 is 1.04 bits per heavy atom. The van der Waals surface area contributed by atoms with Gasteiger partial charge in [0.25, 0.3) is 0 Å². The molecule has 0 aliphatic rings. The first-order valence-corrected chi connectivity index (χ1v) is 8.44. The van der Waals surface area contributed by atoms with Crippen LogP contribution in [0.1, 0.15) is 24.0 Å². The summed E-state index contributed by atoms with van der Waals surface area (Å²) in [6.45, 7) is 0. The molecule has 0 aromatic heterocycles. The number of hydrogen-bond acceptors (Lipinski definition) is 4. The van der Waals surface area contributed by atoms with Crippen molar-refractivity contribution in [2.24, 2.45) is 0 Å². The van der Waals surface area contributed by atoms with E-state index in [-0.39, 0.29) is 11.8 Å². The van der Waals surface area contributed by atoms with Gasteiger partial charge in [-0.25, -0.2) is 0 Å². The maximum Gasteiger partial charge on any atom is 0.238 e. The average molecular weight is 356 g/mol. The van der Waals surface area contributed by atoms with Crippen molar-refractivity contribution in [2.75, 3.05) is 14.2 Å². The van der Waals surface area contributed by atoms with E-state index in [1.807, 2.05) is 48.5 Å². The van der Waals surface area contributed by atoms with Gasteiger partial charge in [0.15, 0.2) is 0 Å². The molecule has 2 aromatic rings. The fourth-order valence-electron chi connectivity index (χ4n) is 2.36. The predicted octanol–water partition coefficient (Wildman–Crippen LogP) is 2.42. The molecule has 0 unspecified atom stereocenters. The first-order valence-electron chi connectivity index (χ1n) is 8.44. The molecule has 138 valence electrons. The molecule has 26 heavy (non-hydrogen) atoms. The second-order valence-electron chi connectivity index (χ2n) is 5.79. The fourth-order valence-corrected chi connectivity index (χ4v) is 2.36. The summed E-state index contributed by atoms with van der Waals surface area (Å²) in [7, 11) is 3.22. The van der Waals surface area contributed by atoms with E-state index >= 15 is 0 Å². The van der Waals surface area contributed by atoms with E-state index in [2.05, 4.69) is 10.9 Å². The molecule has 6 nitrogen and oxygen atoms in total. The van der Waals surface area contributed by atoms with Crippen LogP contribution in [0.5, 0.6) is 11.5 Å². The SMILES string of the molecule is COc1ccc(CCC(=O)NNC(=O)CCc2ccc(OC)cc2)cc1. The van der Waals surface area contributed by atoms with E-state index in [1.165, 1.54) is 0 Å². The zero-order valence-electron chi connectivity index (χ0n) is 15.1. The van der Waals surface area contributed by atoms with Crippen molar-refractivity contribution in [2.45, 2.75) is 25.7 Å². The molecule has 2 aromatic carbocycles. The number of benzene rings is 2. The molecule has 6 heteroatoms. The van der Waals surface area contributed by atoms with Gasteiger partial charge in [-0.05, 0) is 48.2 Å². The minimum atomic E-state index is -0.224. The van der Waals surface area contributed by atoms with Crippen LogP contribution in [0.15, 0.2) is 48.5 Å². The van der Waals surface area contributed by atoms with Crippen molar-refractivity contribution in [3.05, 3.63) is 59.7 Å². The van der Waals surface area contributed by atoms with Gasteiger partial charge in [0.1, 0.15) is 11.5 Å². The van der Waals surface area contributed by atoms with Gasteiger partial charge in [0.2, 0.25) is 11.8 Å². The van der Waals surface area contributed by atoms with Crippen molar-refractivity contribution in [3.8, 4) is 11.5 Å². The minimum absolute atomic E-state index is 0.224. The lowest BCUT2D eigenvalue weighted by molar-refractivity contribution is -0.128. The number of ether oxygens (including phenoxy) is 2. The largest absolute Gasteiger partial charge is 0.497 e. The molecule has 0 bridgehead atoms. The van der Waals surface area contributed by atoms with Crippen LogP contribution in [0.4, 0.5) is 0 Å². The number of nitrogens with one attached hydrogen (secondary N) is 2. The minimum Gasteiger partial charge on any atom is -0.497 e. The molecular weight excluding hydrogens is 332 g/mol.